The van der Waals surface area contributed by atoms with Crippen LogP contribution in [-0.4, -0.2) is 32.5 Å². The molecule has 0 spiro atoms. The molecule has 2 aromatic heterocycles. The van der Waals surface area contributed by atoms with Gasteiger partial charge in [-0.3, -0.25) is 0 Å². The lowest BCUT2D eigenvalue weighted by Gasteiger charge is -2.11. The quantitative estimate of drug-likeness (QED) is 0.287. The van der Waals surface area contributed by atoms with Crippen LogP contribution in [0.3, 0.4) is 0 Å². The SMILES string of the molecule is FC(F)(F)COc1nc(C(F)(F)F)nc2c(-c3ccc(Cl)cc3)n(-c3ccccc3Cl)nc12. The van der Waals surface area contributed by atoms with Crippen molar-refractivity contribution in [2.45, 2.75) is 12.4 Å². The predicted molar refractivity (Wildman–Crippen MR) is 109 cm³/mol. The number of aromatic nitrogens is 4. The van der Waals surface area contributed by atoms with Crippen LogP contribution in [0, 0.1) is 0 Å². The zero-order chi connectivity index (χ0) is 24.0. The van der Waals surface area contributed by atoms with E-state index in [1.807, 2.05) is 0 Å². The van der Waals surface area contributed by atoms with E-state index >= 15 is 0 Å². The zero-order valence-electron chi connectivity index (χ0n) is 16.0. The summed E-state index contributed by atoms with van der Waals surface area (Å²) >= 11 is 12.2. The Hall–Kier alpha value is -3.05. The Bertz CT molecular complexity index is 1320. The average Bonchev–Trinajstić information content (AvgIpc) is 3.11. The van der Waals surface area contributed by atoms with Crippen molar-refractivity contribution in [3.05, 3.63) is 64.4 Å². The Morgan fingerprint density at radius 1 is 0.848 bits per heavy atom. The number of para-hydroxylation sites is 1. The highest BCUT2D eigenvalue weighted by atomic mass is 35.5. The van der Waals surface area contributed by atoms with E-state index in [0.717, 1.165) is 0 Å². The number of hydrogen-bond acceptors (Lipinski definition) is 4. The molecule has 0 saturated carbocycles. The maximum absolute atomic E-state index is 13.5. The highest BCUT2D eigenvalue weighted by Crippen LogP contribution is 2.38. The standard InChI is InChI=1S/C20H10Cl2F6N4O/c21-11-7-5-10(6-8-11)16-14-15(31-32(16)13-4-2-1-3-12(13)22)17(33-9-19(23,24)25)30-18(29-14)20(26,27)28/h1-8H,9H2. The van der Waals surface area contributed by atoms with Crippen LogP contribution in [0.5, 0.6) is 5.88 Å². The molecule has 2 aromatic carbocycles. The number of alkyl halides is 6. The van der Waals surface area contributed by atoms with Crippen LogP contribution < -0.4 is 4.74 Å². The molecule has 0 bridgehead atoms. The van der Waals surface area contributed by atoms with E-state index in [1.54, 1.807) is 12.1 Å². The van der Waals surface area contributed by atoms with Crippen LogP contribution in [0.4, 0.5) is 26.3 Å². The van der Waals surface area contributed by atoms with Crippen molar-refractivity contribution in [3.8, 4) is 22.8 Å². The van der Waals surface area contributed by atoms with Crippen molar-refractivity contribution in [2.24, 2.45) is 0 Å². The average molecular weight is 507 g/mol. The molecule has 0 fully saturated rings. The second-order valence-corrected chi connectivity index (χ2v) is 7.51. The first-order chi connectivity index (χ1) is 15.4. The van der Waals surface area contributed by atoms with Gasteiger partial charge < -0.3 is 4.74 Å². The van der Waals surface area contributed by atoms with Gasteiger partial charge in [-0.25, -0.2) is 9.67 Å². The Balaban J connectivity index is 2.07. The third kappa shape index (κ3) is 4.83. The van der Waals surface area contributed by atoms with E-state index in [2.05, 4.69) is 19.8 Å². The van der Waals surface area contributed by atoms with Crippen LogP contribution in [-0.2, 0) is 6.18 Å². The third-order valence-corrected chi connectivity index (χ3v) is 4.88. The molecule has 5 nitrogen and oxygen atoms in total. The fourth-order valence-electron chi connectivity index (χ4n) is 2.98. The van der Waals surface area contributed by atoms with Gasteiger partial charge in [0.1, 0.15) is 11.2 Å². The number of fused-ring (bicyclic) bond motifs is 1. The summed E-state index contributed by atoms with van der Waals surface area (Å²) in [6, 6.07) is 12.2. The largest absolute Gasteiger partial charge is 0.466 e. The van der Waals surface area contributed by atoms with Crippen LogP contribution in [0.2, 0.25) is 10.0 Å². The molecule has 4 rings (SSSR count). The molecule has 0 radical (unpaired) electrons. The van der Waals surface area contributed by atoms with Gasteiger partial charge in [-0.1, -0.05) is 47.5 Å². The highest BCUT2D eigenvalue weighted by molar-refractivity contribution is 6.32. The summed E-state index contributed by atoms with van der Waals surface area (Å²) in [5, 5.41) is 4.72. The van der Waals surface area contributed by atoms with Gasteiger partial charge in [0.15, 0.2) is 12.1 Å². The molecule has 2 heterocycles. The van der Waals surface area contributed by atoms with E-state index in [9.17, 15) is 26.3 Å². The monoisotopic (exact) mass is 506 g/mol. The van der Waals surface area contributed by atoms with Crippen molar-refractivity contribution in [1.82, 2.24) is 19.7 Å². The number of benzene rings is 2. The number of hydrogen-bond donors (Lipinski definition) is 0. The van der Waals surface area contributed by atoms with E-state index in [4.69, 9.17) is 23.2 Å². The van der Waals surface area contributed by atoms with Crippen LogP contribution >= 0.6 is 23.2 Å². The molecule has 33 heavy (non-hydrogen) atoms. The maximum Gasteiger partial charge on any atom is 0.451 e. The number of halogens is 8. The second kappa shape index (κ2) is 8.38. The first-order valence-corrected chi connectivity index (χ1v) is 9.78. The molecule has 172 valence electrons. The molecule has 0 saturated heterocycles. The molecule has 4 aromatic rings. The fraction of sp³-hybridized carbons (Fsp3) is 0.150. The highest BCUT2D eigenvalue weighted by Gasteiger charge is 2.38. The van der Waals surface area contributed by atoms with Crippen LogP contribution in [0.25, 0.3) is 28.0 Å². The van der Waals surface area contributed by atoms with E-state index in [1.165, 1.54) is 41.1 Å². The summed E-state index contributed by atoms with van der Waals surface area (Å²) in [4.78, 5) is 6.73. The predicted octanol–water partition coefficient (Wildman–Crippen LogP) is 6.75. The fourth-order valence-corrected chi connectivity index (χ4v) is 3.32. The Morgan fingerprint density at radius 3 is 2.12 bits per heavy atom. The summed E-state index contributed by atoms with van der Waals surface area (Å²) in [7, 11) is 0. The van der Waals surface area contributed by atoms with Gasteiger partial charge in [-0.05, 0) is 24.3 Å². The van der Waals surface area contributed by atoms with Crippen molar-refractivity contribution >= 4 is 34.2 Å². The molecule has 0 aliphatic heterocycles. The summed E-state index contributed by atoms with van der Waals surface area (Å²) in [6.45, 7) is -1.87. The minimum absolute atomic E-state index is 0.0273. The number of ether oxygens (including phenoxy) is 1. The van der Waals surface area contributed by atoms with Crippen LogP contribution in [0.1, 0.15) is 5.82 Å². The van der Waals surface area contributed by atoms with Gasteiger partial charge >= 0.3 is 12.4 Å². The minimum Gasteiger partial charge on any atom is -0.466 e. The summed E-state index contributed by atoms with van der Waals surface area (Å²) in [5.41, 5.74) is -0.179. The molecule has 0 aliphatic rings. The number of rotatable bonds is 4. The second-order valence-electron chi connectivity index (χ2n) is 6.67. The Labute approximate surface area is 191 Å². The van der Waals surface area contributed by atoms with Gasteiger partial charge in [0.05, 0.1) is 10.7 Å². The van der Waals surface area contributed by atoms with Gasteiger partial charge in [0.25, 0.3) is 0 Å². The Kier molecular flexibility index (Phi) is 5.87. The smallest absolute Gasteiger partial charge is 0.451 e. The molecular formula is C20H10Cl2F6N4O. The number of nitrogens with zero attached hydrogens (tertiary/aromatic N) is 4. The lowest BCUT2D eigenvalue weighted by Crippen LogP contribution is -2.21. The molecular weight excluding hydrogens is 497 g/mol. The summed E-state index contributed by atoms with van der Waals surface area (Å²) in [5.74, 6) is -2.65. The topological polar surface area (TPSA) is 52.8 Å². The molecule has 0 N–H and O–H groups in total. The lowest BCUT2D eigenvalue weighted by atomic mass is 10.1. The summed E-state index contributed by atoms with van der Waals surface area (Å²) < 4.78 is 84.4. The summed E-state index contributed by atoms with van der Waals surface area (Å²) in [6.07, 6.45) is -9.88. The van der Waals surface area contributed by atoms with E-state index in [-0.39, 0.29) is 21.9 Å². The first kappa shape index (κ1) is 23.1. The van der Waals surface area contributed by atoms with Gasteiger partial charge in [-0.15, -0.1) is 0 Å². The molecule has 0 atom stereocenters. The van der Waals surface area contributed by atoms with E-state index < -0.39 is 36.2 Å². The maximum atomic E-state index is 13.5. The van der Waals surface area contributed by atoms with Crippen molar-refractivity contribution < 1.29 is 31.1 Å². The van der Waals surface area contributed by atoms with Gasteiger partial charge in [-0.2, -0.15) is 36.4 Å². The van der Waals surface area contributed by atoms with Crippen LogP contribution in [0.15, 0.2) is 48.5 Å². The minimum atomic E-state index is -5.06. The zero-order valence-corrected chi connectivity index (χ0v) is 17.6. The lowest BCUT2D eigenvalue weighted by molar-refractivity contribution is -0.155. The van der Waals surface area contributed by atoms with Gasteiger partial charge in [0, 0.05) is 10.6 Å². The molecule has 0 unspecified atom stereocenters. The van der Waals surface area contributed by atoms with Crippen molar-refractivity contribution in [3.63, 3.8) is 0 Å². The molecule has 0 aliphatic carbocycles. The third-order valence-electron chi connectivity index (χ3n) is 4.31. The normalized spacial score (nSPS) is 12.4. The van der Waals surface area contributed by atoms with E-state index in [0.29, 0.717) is 10.6 Å². The molecule has 0 amide bonds. The van der Waals surface area contributed by atoms with Crippen molar-refractivity contribution in [2.75, 3.05) is 6.61 Å². The van der Waals surface area contributed by atoms with Gasteiger partial charge in [0.2, 0.25) is 11.7 Å². The first-order valence-electron chi connectivity index (χ1n) is 9.02. The van der Waals surface area contributed by atoms with Crippen molar-refractivity contribution in [1.29, 1.82) is 0 Å². The molecule has 13 heteroatoms. The Morgan fingerprint density at radius 2 is 1.52 bits per heavy atom.